The molecule has 1 heterocycles. The number of carbonyl (C=O) groups excluding carboxylic acids is 1. The molecule has 1 rings (SSSR count). The molecule has 3 nitrogen and oxygen atoms in total. The van der Waals surface area contributed by atoms with Crippen molar-refractivity contribution in [1.29, 1.82) is 0 Å². The summed E-state index contributed by atoms with van der Waals surface area (Å²) >= 11 is 0. The zero-order valence-electron chi connectivity index (χ0n) is 10.2. The predicted molar refractivity (Wildman–Crippen MR) is 60.8 cm³/mol. The first-order valence-corrected chi connectivity index (χ1v) is 5.98. The molecular formula is C12H23NO2. The Morgan fingerprint density at radius 1 is 1.27 bits per heavy atom. The van der Waals surface area contributed by atoms with E-state index in [9.17, 15) is 4.79 Å². The third-order valence-electron chi connectivity index (χ3n) is 3.62. The van der Waals surface area contributed by atoms with E-state index < -0.39 is 5.54 Å². The van der Waals surface area contributed by atoms with E-state index in [1.807, 2.05) is 6.92 Å². The van der Waals surface area contributed by atoms with Gasteiger partial charge in [-0.25, -0.2) is 0 Å². The second-order valence-electron chi connectivity index (χ2n) is 4.52. The number of esters is 1. The van der Waals surface area contributed by atoms with Crippen LogP contribution in [0.2, 0.25) is 0 Å². The maximum absolute atomic E-state index is 11.8. The van der Waals surface area contributed by atoms with E-state index in [2.05, 4.69) is 11.8 Å². The maximum atomic E-state index is 11.8. The van der Waals surface area contributed by atoms with Crippen LogP contribution in [0.4, 0.5) is 0 Å². The minimum absolute atomic E-state index is 0.0908. The molecule has 15 heavy (non-hydrogen) atoms. The molecule has 1 aliphatic rings. The van der Waals surface area contributed by atoms with Crippen molar-refractivity contribution >= 4 is 5.97 Å². The largest absolute Gasteiger partial charge is 0.468 e. The summed E-state index contributed by atoms with van der Waals surface area (Å²) in [6.07, 6.45) is 5.80. The van der Waals surface area contributed by atoms with Gasteiger partial charge in [-0.1, -0.05) is 19.8 Å². The minimum Gasteiger partial charge on any atom is -0.468 e. The number of hydrogen-bond acceptors (Lipinski definition) is 3. The van der Waals surface area contributed by atoms with E-state index in [4.69, 9.17) is 4.74 Å². The third-order valence-corrected chi connectivity index (χ3v) is 3.62. The lowest BCUT2D eigenvalue weighted by molar-refractivity contribution is -0.154. The molecule has 0 aliphatic carbocycles. The lowest BCUT2D eigenvalue weighted by Crippen LogP contribution is -2.52. The summed E-state index contributed by atoms with van der Waals surface area (Å²) in [4.78, 5) is 14.1. The number of carbonyl (C=O) groups is 1. The van der Waals surface area contributed by atoms with E-state index in [0.29, 0.717) is 0 Å². The van der Waals surface area contributed by atoms with Crippen LogP contribution in [0.3, 0.4) is 0 Å². The fourth-order valence-electron chi connectivity index (χ4n) is 2.28. The van der Waals surface area contributed by atoms with Gasteiger partial charge in [0, 0.05) is 0 Å². The number of likely N-dealkylation sites (tertiary alicyclic amines) is 1. The lowest BCUT2D eigenvalue weighted by atomic mass is 9.96. The number of hydrogen-bond donors (Lipinski definition) is 0. The van der Waals surface area contributed by atoms with E-state index >= 15 is 0 Å². The molecule has 0 bridgehead atoms. The minimum atomic E-state index is -0.418. The SMILES string of the molecule is CC[C@](C)(C(=O)OC)N1CCCCCC1. The fourth-order valence-corrected chi connectivity index (χ4v) is 2.28. The van der Waals surface area contributed by atoms with Crippen LogP contribution in [0.25, 0.3) is 0 Å². The predicted octanol–water partition coefficient (Wildman–Crippen LogP) is 2.20. The average Bonchev–Trinajstić information content (AvgIpc) is 2.55. The van der Waals surface area contributed by atoms with E-state index in [1.54, 1.807) is 0 Å². The summed E-state index contributed by atoms with van der Waals surface area (Å²) in [5, 5.41) is 0. The van der Waals surface area contributed by atoms with Crippen molar-refractivity contribution in [3.63, 3.8) is 0 Å². The number of rotatable bonds is 3. The fraction of sp³-hybridized carbons (Fsp3) is 0.917. The number of nitrogens with zero attached hydrogens (tertiary/aromatic N) is 1. The first-order chi connectivity index (χ1) is 7.15. The van der Waals surface area contributed by atoms with Crippen molar-refractivity contribution in [3.05, 3.63) is 0 Å². The van der Waals surface area contributed by atoms with Crippen LogP contribution in [0, 0.1) is 0 Å². The molecule has 88 valence electrons. The Labute approximate surface area is 92.8 Å². The molecule has 1 fully saturated rings. The van der Waals surface area contributed by atoms with Crippen LogP contribution < -0.4 is 0 Å². The van der Waals surface area contributed by atoms with E-state index in [-0.39, 0.29) is 5.97 Å². The molecule has 1 atom stereocenters. The van der Waals surface area contributed by atoms with Gasteiger partial charge in [0.05, 0.1) is 7.11 Å². The molecule has 3 heteroatoms. The number of methoxy groups -OCH3 is 1. The van der Waals surface area contributed by atoms with Crippen molar-refractivity contribution in [2.45, 2.75) is 51.5 Å². The summed E-state index contributed by atoms with van der Waals surface area (Å²) in [7, 11) is 1.48. The summed E-state index contributed by atoms with van der Waals surface area (Å²) < 4.78 is 4.92. The van der Waals surface area contributed by atoms with Gasteiger partial charge >= 0.3 is 5.97 Å². The van der Waals surface area contributed by atoms with Crippen molar-refractivity contribution in [2.24, 2.45) is 0 Å². The highest BCUT2D eigenvalue weighted by molar-refractivity contribution is 5.80. The number of ether oxygens (including phenoxy) is 1. The van der Waals surface area contributed by atoms with Gasteiger partial charge in [-0.05, 0) is 39.3 Å². The molecule has 0 amide bonds. The first kappa shape index (κ1) is 12.5. The third kappa shape index (κ3) is 2.71. The van der Waals surface area contributed by atoms with E-state index in [1.165, 1.54) is 32.8 Å². The monoisotopic (exact) mass is 213 g/mol. The van der Waals surface area contributed by atoms with Crippen molar-refractivity contribution in [1.82, 2.24) is 4.90 Å². The summed E-state index contributed by atoms with van der Waals surface area (Å²) in [6.45, 7) is 6.12. The summed E-state index contributed by atoms with van der Waals surface area (Å²) in [5.74, 6) is -0.0908. The molecule has 1 saturated heterocycles. The molecule has 0 unspecified atom stereocenters. The molecule has 1 aliphatic heterocycles. The van der Waals surface area contributed by atoms with Gasteiger partial charge in [0.1, 0.15) is 5.54 Å². The van der Waals surface area contributed by atoms with Crippen LogP contribution in [0.15, 0.2) is 0 Å². The van der Waals surface area contributed by atoms with Crippen molar-refractivity contribution < 1.29 is 9.53 Å². The van der Waals surface area contributed by atoms with Gasteiger partial charge in [-0.3, -0.25) is 9.69 Å². The normalized spacial score (nSPS) is 22.9. The van der Waals surface area contributed by atoms with Gasteiger partial charge in [0.15, 0.2) is 0 Å². The van der Waals surface area contributed by atoms with Crippen LogP contribution in [-0.2, 0) is 9.53 Å². The van der Waals surface area contributed by atoms with Crippen molar-refractivity contribution in [2.75, 3.05) is 20.2 Å². The van der Waals surface area contributed by atoms with Gasteiger partial charge in [0.25, 0.3) is 0 Å². The summed E-state index contributed by atoms with van der Waals surface area (Å²) in [5.41, 5.74) is -0.418. The standard InChI is InChI=1S/C12H23NO2/c1-4-12(2,11(14)15-3)13-9-7-5-6-8-10-13/h4-10H2,1-3H3/t12-/m1/s1. The first-order valence-electron chi connectivity index (χ1n) is 5.98. The smallest absolute Gasteiger partial charge is 0.325 e. The highest BCUT2D eigenvalue weighted by Crippen LogP contribution is 2.24. The van der Waals surface area contributed by atoms with Gasteiger partial charge in [0.2, 0.25) is 0 Å². The lowest BCUT2D eigenvalue weighted by Gasteiger charge is -2.37. The zero-order valence-corrected chi connectivity index (χ0v) is 10.2. The highest BCUT2D eigenvalue weighted by atomic mass is 16.5. The molecule has 0 N–H and O–H groups in total. The topological polar surface area (TPSA) is 29.5 Å². The van der Waals surface area contributed by atoms with Crippen LogP contribution in [-0.4, -0.2) is 36.6 Å². The van der Waals surface area contributed by atoms with E-state index in [0.717, 1.165) is 19.5 Å². The molecule has 0 saturated carbocycles. The Morgan fingerprint density at radius 3 is 2.20 bits per heavy atom. The molecule has 0 aromatic carbocycles. The van der Waals surface area contributed by atoms with Crippen LogP contribution >= 0.6 is 0 Å². The molecular weight excluding hydrogens is 190 g/mol. The van der Waals surface area contributed by atoms with Crippen LogP contribution in [0.5, 0.6) is 0 Å². The molecule has 0 radical (unpaired) electrons. The quantitative estimate of drug-likeness (QED) is 0.673. The Balaban J connectivity index is 2.73. The van der Waals surface area contributed by atoms with Crippen LogP contribution in [0.1, 0.15) is 46.0 Å². The maximum Gasteiger partial charge on any atom is 0.325 e. The second kappa shape index (κ2) is 5.50. The van der Waals surface area contributed by atoms with Gasteiger partial charge in [-0.15, -0.1) is 0 Å². The Hall–Kier alpha value is -0.570. The van der Waals surface area contributed by atoms with Gasteiger partial charge < -0.3 is 4.74 Å². The zero-order chi connectivity index (χ0) is 11.3. The van der Waals surface area contributed by atoms with Gasteiger partial charge in [-0.2, -0.15) is 0 Å². The highest BCUT2D eigenvalue weighted by Gasteiger charge is 2.38. The Morgan fingerprint density at radius 2 is 1.80 bits per heavy atom. The Kier molecular flexibility index (Phi) is 4.58. The average molecular weight is 213 g/mol. The second-order valence-corrected chi connectivity index (χ2v) is 4.52. The summed E-state index contributed by atoms with van der Waals surface area (Å²) in [6, 6.07) is 0. The molecule has 0 aromatic rings. The Bertz CT molecular complexity index is 210. The molecule has 0 spiro atoms. The molecule has 0 aromatic heterocycles. The van der Waals surface area contributed by atoms with Crippen molar-refractivity contribution in [3.8, 4) is 0 Å².